The van der Waals surface area contributed by atoms with Gasteiger partial charge in [-0.1, -0.05) is 119 Å². The number of carboxylic acid groups (broad SMARTS) is 1. The molecule has 43 heavy (non-hydrogen) atoms. The molecule has 0 aliphatic carbocycles. The summed E-state index contributed by atoms with van der Waals surface area (Å²) < 4.78 is 6.96. The average molecular weight is 574 g/mol. The average Bonchev–Trinajstić information content (AvgIpc) is 2.97. The van der Waals surface area contributed by atoms with Gasteiger partial charge in [-0.3, -0.25) is 9.69 Å². The SMILES string of the molecule is Cc1cc(C)cc(CO[C@H]2[C@@H]3CCN(C(Cc4cc(C)cc(C)c4)[C@H]3C(=O)O)[C@H]2C(c2ccccc2)c2ccccc2)c1. The molecular weight excluding hydrogens is 530 g/mol. The zero-order valence-corrected chi connectivity index (χ0v) is 25.7. The van der Waals surface area contributed by atoms with Crippen LogP contribution in [-0.4, -0.2) is 40.7 Å². The first kappa shape index (κ1) is 29.3. The van der Waals surface area contributed by atoms with E-state index >= 15 is 0 Å². The summed E-state index contributed by atoms with van der Waals surface area (Å²) in [6.07, 6.45) is 1.31. The highest BCUT2D eigenvalue weighted by molar-refractivity contribution is 5.72. The minimum atomic E-state index is -0.710. The van der Waals surface area contributed by atoms with Crippen molar-refractivity contribution in [3.63, 3.8) is 0 Å². The molecule has 0 aromatic heterocycles. The Bertz CT molecular complexity index is 1480. The standard InChI is InChI=1S/C39H43NO3/c1-25-17-26(2)20-29(19-25)23-34-36(39(41)42)33-15-16-40(34)37(38(33)43-24-30-21-27(3)18-28(4)22-30)35(31-11-7-5-8-12-31)32-13-9-6-10-14-32/h5-14,17-22,33-38H,15-16,23-24H2,1-4H3,(H,41,42)/t33-,34?,36+,37+,38+/m1/s1. The van der Waals surface area contributed by atoms with Gasteiger partial charge in [-0.2, -0.15) is 0 Å². The summed E-state index contributed by atoms with van der Waals surface area (Å²) in [5, 5.41) is 10.8. The first-order chi connectivity index (χ1) is 20.8. The number of carbonyl (C=O) groups is 1. The van der Waals surface area contributed by atoms with Crippen molar-refractivity contribution in [2.24, 2.45) is 11.8 Å². The summed E-state index contributed by atoms with van der Waals surface area (Å²) in [6.45, 7) is 9.82. The molecule has 2 bridgehead atoms. The van der Waals surface area contributed by atoms with Gasteiger partial charge >= 0.3 is 5.97 Å². The van der Waals surface area contributed by atoms with Crippen molar-refractivity contribution in [1.29, 1.82) is 0 Å². The number of rotatable bonds is 9. The van der Waals surface area contributed by atoms with Crippen LogP contribution in [0, 0.1) is 39.5 Å². The number of benzene rings is 4. The van der Waals surface area contributed by atoms with Crippen LogP contribution in [0.2, 0.25) is 0 Å². The van der Waals surface area contributed by atoms with Crippen LogP contribution in [0.15, 0.2) is 97.1 Å². The van der Waals surface area contributed by atoms with E-state index in [9.17, 15) is 9.90 Å². The first-order valence-corrected chi connectivity index (χ1v) is 15.6. The summed E-state index contributed by atoms with van der Waals surface area (Å²) in [4.78, 5) is 15.6. The van der Waals surface area contributed by atoms with Gasteiger partial charge in [0.15, 0.2) is 0 Å². The van der Waals surface area contributed by atoms with E-state index in [1.54, 1.807) is 0 Å². The van der Waals surface area contributed by atoms with Crippen LogP contribution in [0.4, 0.5) is 0 Å². The maximum atomic E-state index is 13.1. The first-order valence-electron chi connectivity index (χ1n) is 15.6. The Balaban J connectivity index is 1.46. The highest BCUT2D eigenvalue weighted by atomic mass is 16.5. The molecule has 1 N–H and O–H groups in total. The van der Waals surface area contributed by atoms with Crippen molar-refractivity contribution in [2.45, 2.75) is 71.2 Å². The largest absolute Gasteiger partial charge is 0.481 e. The van der Waals surface area contributed by atoms with E-state index in [2.05, 4.69) is 130 Å². The Labute approximate surface area is 256 Å². The number of fused-ring (bicyclic) bond motifs is 3. The lowest BCUT2D eigenvalue weighted by Gasteiger charge is -2.59. The van der Waals surface area contributed by atoms with Crippen molar-refractivity contribution in [2.75, 3.05) is 6.54 Å². The van der Waals surface area contributed by atoms with Crippen LogP contribution in [0.3, 0.4) is 0 Å². The minimum Gasteiger partial charge on any atom is -0.481 e. The van der Waals surface area contributed by atoms with E-state index in [1.165, 1.54) is 38.9 Å². The summed E-state index contributed by atoms with van der Waals surface area (Å²) in [5.41, 5.74) is 9.70. The molecule has 222 valence electrons. The van der Waals surface area contributed by atoms with Gasteiger partial charge in [0.05, 0.1) is 18.6 Å². The van der Waals surface area contributed by atoms with Crippen LogP contribution in [0.1, 0.15) is 56.8 Å². The lowest BCUT2D eigenvalue weighted by atomic mass is 9.64. The maximum Gasteiger partial charge on any atom is 0.308 e. The Morgan fingerprint density at radius 3 is 1.81 bits per heavy atom. The topological polar surface area (TPSA) is 49.8 Å². The molecule has 3 saturated heterocycles. The van der Waals surface area contributed by atoms with E-state index in [4.69, 9.17) is 4.74 Å². The van der Waals surface area contributed by atoms with Crippen LogP contribution < -0.4 is 0 Å². The zero-order chi connectivity index (χ0) is 30.1. The monoisotopic (exact) mass is 573 g/mol. The predicted molar refractivity (Wildman–Crippen MR) is 172 cm³/mol. The fourth-order valence-electron chi connectivity index (χ4n) is 8.19. The second-order valence-electron chi connectivity index (χ2n) is 12.9. The summed E-state index contributed by atoms with van der Waals surface area (Å²) in [6, 6.07) is 34.5. The molecule has 0 amide bonds. The molecule has 3 aliphatic heterocycles. The molecule has 4 aromatic carbocycles. The molecule has 4 heteroatoms. The summed E-state index contributed by atoms with van der Waals surface area (Å²) in [5.74, 6) is -1.24. The van der Waals surface area contributed by atoms with Crippen molar-refractivity contribution in [3.05, 3.63) is 142 Å². The third-order valence-corrected chi connectivity index (χ3v) is 9.56. The Hall–Kier alpha value is -3.73. The molecule has 2 unspecified atom stereocenters. The zero-order valence-electron chi connectivity index (χ0n) is 25.7. The van der Waals surface area contributed by atoms with Crippen molar-refractivity contribution in [1.82, 2.24) is 4.90 Å². The number of aryl methyl sites for hydroxylation is 4. The van der Waals surface area contributed by atoms with Gasteiger partial charge in [0.1, 0.15) is 0 Å². The van der Waals surface area contributed by atoms with Crippen LogP contribution in [0.25, 0.3) is 0 Å². The lowest BCUT2D eigenvalue weighted by Crippen LogP contribution is -2.70. The van der Waals surface area contributed by atoms with Crippen LogP contribution in [0.5, 0.6) is 0 Å². The number of carboxylic acids is 1. The van der Waals surface area contributed by atoms with Gasteiger partial charge < -0.3 is 9.84 Å². The van der Waals surface area contributed by atoms with E-state index in [0.29, 0.717) is 13.0 Å². The fraction of sp³-hybridized carbons (Fsp3) is 0.359. The smallest absolute Gasteiger partial charge is 0.308 e. The maximum absolute atomic E-state index is 13.1. The van der Waals surface area contributed by atoms with Gasteiger partial charge in [0.2, 0.25) is 0 Å². The third kappa shape index (κ3) is 6.18. The molecule has 3 aliphatic rings. The van der Waals surface area contributed by atoms with Gasteiger partial charge in [-0.25, -0.2) is 0 Å². The molecule has 7 rings (SSSR count). The third-order valence-electron chi connectivity index (χ3n) is 9.56. The van der Waals surface area contributed by atoms with Crippen LogP contribution in [-0.2, 0) is 22.6 Å². The van der Waals surface area contributed by atoms with E-state index < -0.39 is 11.9 Å². The molecule has 3 heterocycles. The molecule has 0 radical (unpaired) electrons. The normalized spacial score (nSPS) is 24.8. The molecule has 3 fully saturated rings. The minimum absolute atomic E-state index is 0.000891. The molecule has 0 spiro atoms. The Morgan fingerprint density at radius 1 is 0.791 bits per heavy atom. The van der Waals surface area contributed by atoms with Crippen molar-refractivity contribution >= 4 is 5.97 Å². The highest BCUT2D eigenvalue weighted by Gasteiger charge is 2.57. The second-order valence-corrected chi connectivity index (χ2v) is 12.9. The van der Waals surface area contributed by atoms with E-state index in [1.807, 2.05) is 0 Å². The van der Waals surface area contributed by atoms with Crippen LogP contribution >= 0.6 is 0 Å². The van der Waals surface area contributed by atoms with Gasteiger partial charge in [-0.15, -0.1) is 0 Å². The quantitative estimate of drug-likeness (QED) is 0.223. The Kier molecular flexibility index (Phi) is 8.52. The number of piperidine rings is 3. The molecule has 4 aromatic rings. The number of hydrogen-bond acceptors (Lipinski definition) is 3. The van der Waals surface area contributed by atoms with E-state index in [0.717, 1.165) is 18.5 Å². The van der Waals surface area contributed by atoms with Crippen molar-refractivity contribution < 1.29 is 14.6 Å². The number of aliphatic carboxylic acids is 1. The van der Waals surface area contributed by atoms with Gasteiger partial charge in [-0.05, 0) is 69.3 Å². The van der Waals surface area contributed by atoms with Crippen molar-refractivity contribution in [3.8, 4) is 0 Å². The van der Waals surface area contributed by atoms with Gasteiger partial charge in [0, 0.05) is 23.9 Å². The lowest BCUT2D eigenvalue weighted by molar-refractivity contribution is -0.187. The molecule has 6 atom stereocenters. The van der Waals surface area contributed by atoms with E-state index in [-0.39, 0.29) is 30.0 Å². The second kappa shape index (κ2) is 12.5. The number of nitrogens with zero attached hydrogens (tertiary/aromatic N) is 1. The highest BCUT2D eigenvalue weighted by Crippen LogP contribution is 2.49. The molecular formula is C39H43NO3. The molecule has 4 nitrogen and oxygen atoms in total. The predicted octanol–water partition coefficient (Wildman–Crippen LogP) is 7.65. The Morgan fingerprint density at radius 2 is 1.30 bits per heavy atom. The summed E-state index contributed by atoms with van der Waals surface area (Å²) >= 11 is 0. The number of hydrogen-bond donors (Lipinski definition) is 1. The van der Waals surface area contributed by atoms with Gasteiger partial charge in [0.25, 0.3) is 0 Å². The summed E-state index contributed by atoms with van der Waals surface area (Å²) in [7, 11) is 0. The number of ether oxygens (including phenoxy) is 1. The fourth-order valence-corrected chi connectivity index (χ4v) is 8.19. The molecule has 0 saturated carbocycles.